The first-order chi connectivity index (χ1) is 10.4. The van der Waals surface area contributed by atoms with Gasteiger partial charge < -0.3 is 4.42 Å². The normalized spacial score (nSPS) is 11.0. The van der Waals surface area contributed by atoms with E-state index in [1.54, 1.807) is 6.92 Å². The molecule has 0 fully saturated rings. The molecule has 8 heteroatoms. The van der Waals surface area contributed by atoms with Crippen LogP contribution >= 0.6 is 0 Å². The first kappa shape index (κ1) is 13.7. The second-order valence-corrected chi connectivity index (χ2v) is 4.77. The molecular formula is C14H8N2O6. The fourth-order valence-corrected chi connectivity index (χ4v) is 2.32. The molecule has 0 aliphatic rings. The van der Waals surface area contributed by atoms with Gasteiger partial charge in [-0.25, -0.2) is 0 Å². The summed E-state index contributed by atoms with van der Waals surface area (Å²) in [7, 11) is 0. The summed E-state index contributed by atoms with van der Waals surface area (Å²) in [5.41, 5.74) is -0.145. The van der Waals surface area contributed by atoms with E-state index in [1.165, 1.54) is 18.2 Å². The van der Waals surface area contributed by atoms with Gasteiger partial charge in [0.05, 0.1) is 20.6 Å². The van der Waals surface area contributed by atoms with E-state index >= 15 is 0 Å². The molecule has 0 spiro atoms. The van der Waals surface area contributed by atoms with E-state index < -0.39 is 15.3 Å². The average Bonchev–Trinajstić information content (AvgIpc) is 2.47. The molecule has 0 saturated carbocycles. The molecule has 1 heterocycles. The molecule has 0 saturated heterocycles. The van der Waals surface area contributed by atoms with Crippen LogP contribution in [-0.2, 0) is 0 Å². The van der Waals surface area contributed by atoms with Gasteiger partial charge in [-0.05, 0) is 18.6 Å². The number of hydrogen-bond donors (Lipinski definition) is 0. The third-order valence-corrected chi connectivity index (χ3v) is 3.35. The molecule has 0 N–H and O–H groups in total. The van der Waals surface area contributed by atoms with E-state index in [2.05, 4.69) is 0 Å². The van der Waals surface area contributed by atoms with Gasteiger partial charge in [0.15, 0.2) is 0 Å². The molecule has 3 rings (SSSR count). The summed E-state index contributed by atoms with van der Waals surface area (Å²) in [6.45, 7) is 1.59. The van der Waals surface area contributed by atoms with Crippen molar-refractivity contribution in [1.82, 2.24) is 0 Å². The van der Waals surface area contributed by atoms with Crippen molar-refractivity contribution >= 4 is 33.3 Å². The summed E-state index contributed by atoms with van der Waals surface area (Å²) >= 11 is 0. The van der Waals surface area contributed by atoms with Gasteiger partial charge >= 0.3 is 0 Å². The molecule has 0 aliphatic carbocycles. The van der Waals surface area contributed by atoms with E-state index in [4.69, 9.17) is 4.42 Å². The summed E-state index contributed by atoms with van der Waals surface area (Å²) in [4.78, 5) is 33.0. The van der Waals surface area contributed by atoms with E-state index in [0.29, 0.717) is 5.56 Å². The van der Waals surface area contributed by atoms with Crippen LogP contribution in [0.2, 0.25) is 0 Å². The predicted molar refractivity (Wildman–Crippen MR) is 78.0 cm³/mol. The molecule has 3 aromatic rings. The van der Waals surface area contributed by atoms with Gasteiger partial charge in [0.2, 0.25) is 5.43 Å². The summed E-state index contributed by atoms with van der Waals surface area (Å²) in [6.07, 6.45) is 0. The monoisotopic (exact) mass is 300 g/mol. The molecule has 0 amide bonds. The zero-order valence-corrected chi connectivity index (χ0v) is 11.2. The van der Waals surface area contributed by atoms with Crippen molar-refractivity contribution < 1.29 is 14.3 Å². The van der Waals surface area contributed by atoms with Gasteiger partial charge in [-0.15, -0.1) is 0 Å². The molecule has 0 unspecified atom stereocenters. The predicted octanol–water partition coefficient (Wildman–Crippen LogP) is 3.07. The van der Waals surface area contributed by atoms with E-state index in [-0.39, 0.29) is 33.3 Å². The fraction of sp³-hybridized carbons (Fsp3) is 0.0714. The van der Waals surface area contributed by atoms with Crippen LogP contribution in [0.1, 0.15) is 5.56 Å². The lowest BCUT2D eigenvalue weighted by Crippen LogP contribution is -2.04. The minimum Gasteiger partial charge on any atom is -0.456 e. The van der Waals surface area contributed by atoms with Crippen molar-refractivity contribution in [1.29, 1.82) is 0 Å². The number of rotatable bonds is 2. The summed E-state index contributed by atoms with van der Waals surface area (Å²) in [6, 6.07) is 6.11. The fourth-order valence-electron chi connectivity index (χ4n) is 2.32. The maximum atomic E-state index is 12.5. The van der Waals surface area contributed by atoms with Crippen molar-refractivity contribution in [3.05, 3.63) is 66.3 Å². The average molecular weight is 300 g/mol. The number of nitro groups is 2. The molecule has 0 radical (unpaired) electrons. The van der Waals surface area contributed by atoms with Crippen molar-refractivity contribution in [2.45, 2.75) is 6.92 Å². The Labute approximate surface area is 121 Å². The smallest absolute Gasteiger partial charge is 0.270 e. The Bertz CT molecular complexity index is 1020. The van der Waals surface area contributed by atoms with Crippen molar-refractivity contribution in [2.24, 2.45) is 0 Å². The van der Waals surface area contributed by atoms with Crippen LogP contribution in [0.4, 0.5) is 11.4 Å². The maximum Gasteiger partial charge on any atom is 0.270 e. The van der Waals surface area contributed by atoms with Gasteiger partial charge in [0.25, 0.3) is 11.4 Å². The maximum absolute atomic E-state index is 12.5. The molecular weight excluding hydrogens is 292 g/mol. The van der Waals surface area contributed by atoms with Crippen molar-refractivity contribution in [3.8, 4) is 0 Å². The van der Waals surface area contributed by atoms with Crippen LogP contribution in [0.15, 0.2) is 39.5 Å². The highest BCUT2D eigenvalue weighted by Crippen LogP contribution is 2.27. The van der Waals surface area contributed by atoms with Gasteiger partial charge in [0, 0.05) is 24.3 Å². The quantitative estimate of drug-likeness (QED) is 0.408. The highest BCUT2D eigenvalue weighted by atomic mass is 16.6. The SMILES string of the molecule is Cc1cc([N+](=O)[O-])cc2c(=O)c3cc([N+](=O)[O-])ccc3oc12. The molecule has 2 aromatic carbocycles. The zero-order chi connectivity index (χ0) is 16.0. The van der Waals surface area contributed by atoms with Gasteiger partial charge in [-0.1, -0.05) is 0 Å². The molecule has 1 aromatic heterocycles. The number of hydrogen-bond acceptors (Lipinski definition) is 6. The van der Waals surface area contributed by atoms with Crippen molar-refractivity contribution in [3.63, 3.8) is 0 Å². The number of nitro benzene ring substituents is 2. The minimum atomic E-state index is -0.623. The standard InChI is InChI=1S/C14H8N2O6/c1-7-4-9(16(20)21)6-11-13(17)10-5-8(15(18)19)2-3-12(10)22-14(7)11/h2-6H,1H3. The number of benzene rings is 2. The Morgan fingerprint density at radius 3 is 2.23 bits per heavy atom. The lowest BCUT2D eigenvalue weighted by atomic mass is 10.1. The molecule has 22 heavy (non-hydrogen) atoms. The van der Waals surface area contributed by atoms with Crippen molar-refractivity contribution in [2.75, 3.05) is 0 Å². The Morgan fingerprint density at radius 2 is 1.59 bits per heavy atom. The Kier molecular flexibility index (Phi) is 2.87. The van der Waals surface area contributed by atoms with E-state index in [1.807, 2.05) is 0 Å². The van der Waals surface area contributed by atoms with E-state index in [9.17, 15) is 25.0 Å². The van der Waals surface area contributed by atoms with Crippen LogP contribution in [0.25, 0.3) is 21.9 Å². The lowest BCUT2D eigenvalue weighted by Gasteiger charge is -2.04. The van der Waals surface area contributed by atoms with Crippen LogP contribution in [0.5, 0.6) is 0 Å². The number of nitrogens with zero attached hydrogens (tertiary/aromatic N) is 2. The first-order valence-corrected chi connectivity index (χ1v) is 6.18. The molecule has 110 valence electrons. The Balaban J connectivity index is 2.48. The zero-order valence-electron chi connectivity index (χ0n) is 11.2. The van der Waals surface area contributed by atoms with E-state index in [0.717, 1.165) is 12.1 Å². The van der Waals surface area contributed by atoms with Crippen LogP contribution in [-0.4, -0.2) is 9.85 Å². The van der Waals surface area contributed by atoms with Crippen LogP contribution in [0, 0.1) is 27.2 Å². The first-order valence-electron chi connectivity index (χ1n) is 6.18. The molecule has 8 nitrogen and oxygen atoms in total. The van der Waals surface area contributed by atoms with Gasteiger partial charge in [-0.2, -0.15) is 0 Å². The molecule has 0 bridgehead atoms. The Hall–Kier alpha value is -3.29. The molecule has 0 aliphatic heterocycles. The highest BCUT2D eigenvalue weighted by molar-refractivity contribution is 5.93. The second kappa shape index (κ2) is 4.62. The number of fused-ring (bicyclic) bond motifs is 2. The van der Waals surface area contributed by atoms with Crippen LogP contribution < -0.4 is 5.43 Å². The molecule has 0 atom stereocenters. The third-order valence-electron chi connectivity index (χ3n) is 3.35. The summed E-state index contributed by atoms with van der Waals surface area (Å²) in [5, 5.41) is 21.7. The number of non-ortho nitro benzene ring substituents is 2. The Morgan fingerprint density at radius 1 is 0.955 bits per heavy atom. The van der Waals surface area contributed by atoms with Crippen LogP contribution in [0.3, 0.4) is 0 Å². The summed E-state index contributed by atoms with van der Waals surface area (Å²) < 4.78 is 5.58. The number of aryl methyl sites for hydroxylation is 1. The van der Waals surface area contributed by atoms with Gasteiger partial charge in [-0.3, -0.25) is 25.0 Å². The topological polar surface area (TPSA) is 116 Å². The second-order valence-electron chi connectivity index (χ2n) is 4.77. The highest BCUT2D eigenvalue weighted by Gasteiger charge is 2.17. The third kappa shape index (κ3) is 1.97. The largest absolute Gasteiger partial charge is 0.456 e. The van der Waals surface area contributed by atoms with Gasteiger partial charge in [0.1, 0.15) is 11.2 Å². The summed E-state index contributed by atoms with van der Waals surface area (Å²) in [5.74, 6) is 0. The minimum absolute atomic E-state index is 0.0154. The lowest BCUT2D eigenvalue weighted by molar-refractivity contribution is -0.384.